The highest BCUT2D eigenvalue weighted by Gasteiger charge is 2.50. The van der Waals surface area contributed by atoms with Crippen LogP contribution in [0.15, 0.2) is 0 Å². The van der Waals surface area contributed by atoms with E-state index in [0.717, 1.165) is 0 Å². The van der Waals surface area contributed by atoms with Gasteiger partial charge in [-0.15, -0.1) is 0 Å². The molecule has 11 nitrogen and oxygen atoms in total. The van der Waals surface area contributed by atoms with Gasteiger partial charge in [-0.3, -0.25) is 0 Å². The van der Waals surface area contributed by atoms with Crippen LogP contribution in [-0.2, 0) is 14.2 Å². The van der Waals surface area contributed by atoms with Gasteiger partial charge in [0.15, 0.2) is 12.6 Å². The summed E-state index contributed by atoms with van der Waals surface area (Å²) in [5.74, 6) is 0. The lowest BCUT2D eigenvalue weighted by Crippen LogP contribution is -2.64. The van der Waals surface area contributed by atoms with Gasteiger partial charge in [0.2, 0.25) is 0 Å². The molecule has 0 aromatic heterocycles. The monoisotopic (exact) mass is 342 g/mol. The molecule has 0 bridgehead atoms. The van der Waals surface area contributed by atoms with Gasteiger partial charge in [0.25, 0.3) is 0 Å². The van der Waals surface area contributed by atoms with E-state index in [1.165, 1.54) is 0 Å². The SMILES string of the molecule is OCC1OC(OC2C(CO)OC(O)[C@@H](O)[C@@H]2O)[C@@H](O)[C@H](O)C1O. The first-order valence-corrected chi connectivity index (χ1v) is 7.08. The van der Waals surface area contributed by atoms with Gasteiger partial charge >= 0.3 is 0 Å². The van der Waals surface area contributed by atoms with Crippen LogP contribution in [0.4, 0.5) is 0 Å². The van der Waals surface area contributed by atoms with Crippen molar-refractivity contribution in [3.8, 4) is 0 Å². The molecule has 0 radical (unpaired) electrons. The maximum atomic E-state index is 9.94. The Balaban J connectivity index is 2.11. The molecular weight excluding hydrogens is 320 g/mol. The summed E-state index contributed by atoms with van der Waals surface area (Å²) in [5.41, 5.74) is 0. The lowest BCUT2D eigenvalue weighted by atomic mass is 9.97. The van der Waals surface area contributed by atoms with Gasteiger partial charge in [-0.1, -0.05) is 0 Å². The zero-order valence-electron chi connectivity index (χ0n) is 12.0. The Morgan fingerprint density at radius 2 is 1.26 bits per heavy atom. The predicted molar refractivity (Wildman–Crippen MR) is 68.6 cm³/mol. The molecule has 10 atom stereocenters. The second-order valence-electron chi connectivity index (χ2n) is 5.53. The quantitative estimate of drug-likeness (QED) is 0.243. The van der Waals surface area contributed by atoms with Crippen LogP contribution >= 0.6 is 0 Å². The van der Waals surface area contributed by atoms with Gasteiger partial charge in [0, 0.05) is 0 Å². The molecule has 2 saturated heterocycles. The van der Waals surface area contributed by atoms with E-state index < -0.39 is 74.6 Å². The summed E-state index contributed by atoms with van der Waals surface area (Å²) < 4.78 is 15.3. The first-order chi connectivity index (χ1) is 10.8. The van der Waals surface area contributed by atoms with Crippen LogP contribution in [-0.4, -0.2) is 115 Å². The van der Waals surface area contributed by atoms with Crippen molar-refractivity contribution in [3.05, 3.63) is 0 Å². The number of ether oxygens (including phenoxy) is 3. The van der Waals surface area contributed by atoms with Crippen LogP contribution in [0, 0.1) is 0 Å². The molecular formula is C12H22O11. The maximum absolute atomic E-state index is 9.94. The standard InChI is InChI=1S/C12H22O11/c13-1-3-5(15)6(16)9(19)12(22-3)23-10-4(2-14)21-11(20)8(18)7(10)17/h3-20H,1-2H2/t3?,4?,5?,6-,7+,8+,9+,10?,11?,12?/m1/s1. The van der Waals surface area contributed by atoms with Crippen LogP contribution in [0.2, 0.25) is 0 Å². The van der Waals surface area contributed by atoms with Crippen molar-refractivity contribution in [1.29, 1.82) is 0 Å². The van der Waals surface area contributed by atoms with E-state index in [0.29, 0.717) is 0 Å². The molecule has 2 heterocycles. The van der Waals surface area contributed by atoms with Gasteiger partial charge in [-0.2, -0.15) is 0 Å². The molecule has 6 unspecified atom stereocenters. The highest BCUT2D eigenvalue weighted by atomic mass is 16.7. The van der Waals surface area contributed by atoms with E-state index in [1.807, 2.05) is 0 Å². The van der Waals surface area contributed by atoms with E-state index in [1.54, 1.807) is 0 Å². The molecule has 2 aliphatic rings. The Morgan fingerprint density at radius 3 is 1.83 bits per heavy atom. The van der Waals surface area contributed by atoms with Crippen LogP contribution in [0.1, 0.15) is 0 Å². The van der Waals surface area contributed by atoms with Crippen molar-refractivity contribution in [3.63, 3.8) is 0 Å². The summed E-state index contributed by atoms with van der Waals surface area (Å²) >= 11 is 0. The minimum absolute atomic E-state index is 0.667. The highest BCUT2D eigenvalue weighted by Crippen LogP contribution is 2.28. The van der Waals surface area contributed by atoms with Gasteiger partial charge in [-0.25, -0.2) is 0 Å². The Bertz CT molecular complexity index is 378. The van der Waals surface area contributed by atoms with Crippen LogP contribution < -0.4 is 0 Å². The molecule has 11 heteroatoms. The van der Waals surface area contributed by atoms with Crippen molar-refractivity contribution in [1.82, 2.24) is 0 Å². The van der Waals surface area contributed by atoms with Crippen LogP contribution in [0.5, 0.6) is 0 Å². The summed E-state index contributed by atoms with van der Waals surface area (Å²) in [6.07, 6.45) is -15.6. The molecule has 8 N–H and O–H groups in total. The van der Waals surface area contributed by atoms with Crippen LogP contribution in [0.25, 0.3) is 0 Å². The zero-order valence-corrected chi connectivity index (χ0v) is 12.0. The van der Waals surface area contributed by atoms with E-state index >= 15 is 0 Å². The number of hydrogen-bond acceptors (Lipinski definition) is 11. The molecule has 2 fully saturated rings. The second kappa shape index (κ2) is 7.63. The number of hydrogen-bond donors (Lipinski definition) is 8. The first kappa shape index (κ1) is 18.9. The molecule has 0 aromatic carbocycles. The summed E-state index contributed by atoms with van der Waals surface area (Å²) in [6, 6.07) is 0. The maximum Gasteiger partial charge on any atom is 0.187 e. The average molecular weight is 342 g/mol. The predicted octanol–water partition coefficient (Wildman–Crippen LogP) is -5.40. The minimum atomic E-state index is -1.74. The van der Waals surface area contributed by atoms with E-state index in [-0.39, 0.29) is 0 Å². The molecule has 0 saturated carbocycles. The third-order valence-electron chi connectivity index (χ3n) is 3.98. The van der Waals surface area contributed by atoms with Gasteiger partial charge < -0.3 is 55.1 Å². The topological polar surface area (TPSA) is 190 Å². The molecule has 0 aromatic rings. The summed E-state index contributed by atoms with van der Waals surface area (Å²) in [7, 11) is 0. The lowest BCUT2D eigenvalue weighted by molar-refractivity contribution is -0.355. The molecule has 136 valence electrons. The van der Waals surface area contributed by atoms with Crippen molar-refractivity contribution >= 4 is 0 Å². The Hall–Kier alpha value is -0.440. The zero-order chi connectivity index (χ0) is 17.3. The van der Waals surface area contributed by atoms with Gasteiger partial charge in [-0.05, 0) is 0 Å². The second-order valence-corrected chi connectivity index (χ2v) is 5.53. The van der Waals surface area contributed by atoms with E-state index in [2.05, 4.69) is 0 Å². The molecule has 2 aliphatic heterocycles. The Morgan fingerprint density at radius 1 is 0.652 bits per heavy atom. The fourth-order valence-corrected chi connectivity index (χ4v) is 2.57. The third-order valence-corrected chi connectivity index (χ3v) is 3.98. The minimum Gasteiger partial charge on any atom is -0.394 e. The van der Waals surface area contributed by atoms with Crippen molar-refractivity contribution < 1.29 is 55.1 Å². The van der Waals surface area contributed by atoms with Gasteiger partial charge in [0.1, 0.15) is 48.8 Å². The molecule has 23 heavy (non-hydrogen) atoms. The van der Waals surface area contributed by atoms with Gasteiger partial charge in [0.05, 0.1) is 13.2 Å². The summed E-state index contributed by atoms with van der Waals surface area (Å²) in [4.78, 5) is 0. The smallest absolute Gasteiger partial charge is 0.187 e. The fourth-order valence-electron chi connectivity index (χ4n) is 2.57. The van der Waals surface area contributed by atoms with E-state index in [9.17, 15) is 35.7 Å². The number of aliphatic hydroxyl groups is 8. The number of rotatable bonds is 4. The summed E-state index contributed by atoms with van der Waals surface area (Å²) in [5, 5.41) is 76.5. The first-order valence-electron chi connectivity index (χ1n) is 7.08. The molecule has 2 rings (SSSR count). The Labute approximate surface area is 130 Å². The lowest BCUT2D eigenvalue weighted by Gasteiger charge is -2.45. The Kier molecular flexibility index (Phi) is 6.27. The van der Waals surface area contributed by atoms with Crippen molar-refractivity contribution in [2.75, 3.05) is 13.2 Å². The van der Waals surface area contributed by atoms with Crippen molar-refractivity contribution in [2.45, 2.75) is 61.4 Å². The molecule has 0 spiro atoms. The normalized spacial score (nSPS) is 51.7. The molecule has 0 aliphatic carbocycles. The van der Waals surface area contributed by atoms with Crippen LogP contribution in [0.3, 0.4) is 0 Å². The summed E-state index contributed by atoms with van der Waals surface area (Å²) in [6.45, 7) is -1.35. The molecule has 0 amide bonds. The average Bonchev–Trinajstić information content (AvgIpc) is 2.55. The van der Waals surface area contributed by atoms with E-state index in [4.69, 9.17) is 19.3 Å². The van der Waals surface area contributed by atoms with Crippen molar-refractivity contribution in [2.24, 2.45) is 0 Å². The number of aliphatic hydroxyl groups excluding tert-OH is 8. The fraction of sp³-hybridized carbons (Fsp3) is 1.00. The largest absolute Gasteiger partial charge is 0.394 e. The highest BCUT2D eigenvalue weighted by molar-refractivity contribution is 4.93. The third kappa shape index (κ3) is 3.65.